The summed E-state index contributed by atoms with van der Waals surface area (Å²) in [7, 11) is 0. The Morgan fingerprint density at radius 1 is 1.62 bits per heavy atom. The molecule has 0 bridgehead atoms. The van der Waals surface area contributed by atoms with Gasteiger partial charge in [0.2, 0.25) is 5.91 Å². The van der Waals surface area contributed by atoms with E-state index in [0.29, 0.717) is 13.0 Å². The lowest BCUT2D eigenvalue weighted by molar-refractivity contribution is -0.123. The van der Waals surface area contributed by atoms with Crippen LogP contribution in [0.1, 0.15) is 26.7 Å². The van der Waals surface area contributed by atoms with Crippen molar-refractivity contribution < 1.29 is 9.90 Å². The van der Waals surface area contributed by atoms with Crippen LogP contribution in [0.2, 0.25) is 0 Å². The number of carbonyl (C=O) groups is 1. The Morgan fingerprint density at radius 3 is 2.69 bits per heavy atom. The molecule has 0 aliphatic carbocycles. The molecule has 1 amide bonds. The Hall–Kier alpha value is -0.610. The van der Waals surface area contributed by atoms with Gasteiger partial charge in [0.25, 0.3) is 0 Å². The van der Waals surface area contributed by atoms with Gasteiger partial charge in [0.05, 0.1) is 6.04 Å². The molecule has 4 nitrogen and oxygen atoms in total. The first-order valence-corrected chi connectivity index (χ1v) is 4.77. The minimum absolute atomic E-state index is 0.0961. The fourth-order valence-corrected chi connectivity index (χ4v) is 0.921. The van der Waals surface area contributed by atoms with Crippen molar-refractivity contribution in [3.8, 4) is 0 Å². The Bertz CT molecular complexity index is 151. The maximum absolute atomic E-state index is 11.3. The van der Waals surface area contributed by atoms with Gasteiger partial charge in [-0.05, 0) is 12.3 Å². The van der Waals surface area contributed by atoms with E-state index in [0.717, 1.165) is 6.42 Å². The summed E-state index contributed by atoms with van der Waals surface area (Å²) in [5.74, 6) is 0.0805. The number of aliphatic hydroxyl groups is 1. The average molecular weight is 188 g/mol. The van der Waals surface area contributed by atoms with E-state index in [1.807, 2.05) is 13.8 Å². The molecule has 0 heterocycles. The second-order valence-corrected chi connectivity index (χ2v) is 3.28. The maximum atomic E-state index is 11.3. The van der Waals surface area contributed by atoms with Crippen LogP contribution in [-0.2, 0) is 4.79 Å². The minimum atomic E-state index is -0.427. The van der Waals surface area contributed by atoms with Gasteiger partial charge < -0.3 is 16.2 Å². The summed E-state index contributed by atoms with van der Waals surface area (Å²) < 4.78 is 0. The summed E-state index contributed by atoms with van der Waals surface area (Å²) in [6, 6.07) is -0.427. The molecule has 0 fully saturated rings. The van der Waals surface area contributed by atoms with E-state index in [4.69, 9.17) is 10.8 Å². The lowest BCUT2D eigenvalue weighted by Gasteiger charge is -2.17. The van der Waals surface area contributed by atoms with Crippen molar-refractivity contribution in [2.75, 3.05) is 13.2 Å². The summed E-state index contributed by atoms with van der Waals surface area (Å²) in [6.45, 7) is 4.56. The summed E-state index contributed by atoms with van der Waals surface area (Å²) in [4.78, 5) is 11.3. The fraction of sp³-hybridized carbons (Fsp3) is 0.889. The van der Waals surface area contributed by atoms with Crippen LogP contribution < -0.4 is 11.1 Å². The lowest BCUT2D eigenvalue weighted by atomic mass is 9.99. The van der Waals surface area contributed by atoms with Crippen LogP contribution in [0.4, 0.5) is 0 Å². The zero-order valence-corrected chi connectivity index (χ0v) is 8.42. The van der Waals surface area contributed by atoms with Crippen molar-refractivity contribution in [3.63, 3.8) is 0 Å². The molecule has 4 N–H and O–H groups in total. The smallest absolute Gasteiger partial charge is 0.237 e. The standard InChI is InChI=1S/C9H20N2O2/c1-3-7(2)8(10)9(13)11-5-4-6-12/h7-8,12H,3-6,10H2,1-2H3,(H,11,13)/t7-,8-/m0/s1. The van der Waals surface area contributed by atoms with Crippen molar-refractivity contribution in [2.45, 2.75) is 32.7 Å². The highest BCUT2D eigenvalue weighted by Crippen LogP contribution is 2.04. The van der Waals surface area contributed by atoms with E-state index in [1.54, 1.807) is 0 Å². The van der Waals surface area contributed by atoms with E-state index in [9.17, 15) is 4.79 Å². The molecule has 0 aromatic rings. The second-order valence-electron chi connectivity index (χ2n) is 3.28. The molecule has 0 saturated carbocycles. The van der Waals surface area contributed by atoms with Crippen LogP contribution in [0.3, 0.4) is 0 Å². The van der Waals surface area contributed by atoms with Gasteiger partial charge in [-0.3, -0.25) is 4.79 Å². The van der Waals surface area contributed by atoms with Crippen LogP contribution in [0, 0.1) is 5.92 Å². The maximum Gasteiger partial charge on any atom is 0.237 e. The first kappa shape index (κ1) is 12.4. The molecule has 0 aliphatic rings. The number of nitrogens with one attached hydrogen (secondary N) is 1. The molecule has 0 aromatic carbocycles. The van der Waals surface area contributed by atoms with Crippen molar-refractivity contribution in [2.24, 2.45) is 11.7 Å². The topological polar surface area (TPSA) is 75.4 Å². The molecule has 0 aromatic heterocycles. The normalized spacial score (nSPS) is 15.1. The molecular weight excluding hydrogens is 168 g/mol. The second kappa shape index (κ2) is 6.86. The van der Waals surface area contributed by atoms with Gasteiger partial charge >= 0.3 is 0 Å². The van der Waals surface area contributed by atoms with Crippen LogP contribution in [0.25, 0.3) is 0 Å². The largest absolute Gasteiger partial charge is 0.396 e. The van der Waals surface area contributed by atoms with Crippen LogP contribution in [-0.4, -0.2) is 30.2 Å². The monoisotopic (exact) mass is 188 g/mol. The Kier molecular flexibility index (Phi) is 6.54. The molecular formula is C9H20N2O2. The molecule has 0 aliphatic heterocycles. The molecule has 0 spiro atoms. The summed E-state index contributed by atoms with van der Waals surface area (Å²) in [5.41, 5.74) is 5.68. The first-order chi connectivity index (χ1) is 6.13. The highest BCUT2D eigenvalue weighted by molar-refractivity contribution is 5.81. The van der Waals surface area contributed by atoms with E-state index >= 15 is 0 Å². The van der Waals surface area contributed by atoms with E-state index < -0.39 is 6.04 Å². The Labute approximate surface area is 79.5 Å². The fourth-order valence-electron chi connectivity index (χ4n) is 0.921. The summed E-state index contributed by atoms with van der Waals surface area (Å²) >= 11 is 0. The highest BCUT2D eigenvalue weighted by Gasteiger charge is 2.18. The number of aliphatic hydroxyl groups excluding tert-OH is 1. The number of rotatable bonds is 6. The lowest BCUT2D eigenvalue weighted by Crippen LogP contribution is -2.44. The third-order valence-corrected chi connectivity index (χ3v) is 2.19. The van der Waals surface area contributed by atoms with Gasteiger partial charge in [0.15, 0.2) is 0 Å². The predicted octanol–water partition coefficient (Wildman–Crippen LogP) is -0.142. The van der Waals surface area contributed by atoms with Crippen molar-refractivity contribution in [1.82, 2.24) is 5.32 Å². The van der Waals surface area contributed by atoms with Gasteiger partial charge in [-0.1, -0.05) is 20.3 Å². The van der Waals surface area contributed by atoms with Gasteiger partial charge in [-0.15, -0.1) is 0 Å². The van der Waals surface area contributed by atoms with E-state index in [-0.39, 0.29) is 18.4 Å². The SMILES string of the molecule is CC[C@H](C)[C@H](N)C(=O)NCCCO. The average Bonchev–Trinajstić information content (AvgIpc) is 2.15. The molecule has 0 rings (SSSR count). The third-order valence-electron chi connectivity index (χ3n) is 2.19. The summed E-state index contributed by atoms with van der Waals surface area (Å²) in [6.07, 6.45) is 1.48. The van der Waals surface area contributed by atoms with Gasteiger partial charge in [0.1, 0.15) is 0 Å². The van der Waals surface area contributed by atoms with Gasteiger partial charge in [-0.2, -0.15) is 0 Å². The van der Waals surface area contributed by atoms with Crippen molar-refractivity contribution in [3.05, 3.63) is 0 Å². The molecule has 4 heteroatoms. The van der Waals surface area contributed by atoms with E-state index in [1.165, 1.54) is 0 Å². The number of hydrogen-bond acceptors (Lipinski definition) is 3. The number of hydrogen-bond donors (Lipinski definition) is 3. The third kappa shape index (κ3) is 4.85. The Balaban J connectivity index is 3.69. The number of carbonyl (C=O) groups excluding carboxylic acids is 1. The first-order valence-electron chi connectivity index (χ1n) is 4.77. The van der Waals surface area contributed by atoms with Crippen LogP contribution >= 0.6 is 0 Å². The zero-order valence-electron chi connectivity index (χ0n) is 8.42. The molecule has 0 radical (unpaired) electrons. The zero-order chi connectivity index (χ0) is 10.3. The molecule has 13 heavy (non-hydrogen) atoms. The minimum Gasteiger partial charge on any atom is -0.396 e. The van der Waals surface area contributed by atoms with Crippen LogP contribution in [0.5, 0.6) is 0 Å². The van der Waals surface area contributed by atoms with Crippen LogP contribution in [0.15, 0.2) is 0 Å². The number of nitrogens with two attached hydrogens (primary N) is 1. The number of amides is 1. The van der Waals surface area contributed by atoms with Gasteiger partial charge in [-0.25, -0.2) is 0 Å². The summed E-state index contributed by atoms with van der Waals surface area (Å²) in [5, 5.41) is 11.2. The van der Waals surface area contributed by atoms with Crippen molar-refractivity contribution >= 4 is 5.91 Å². The molecule has 2 atom stereocenters. The quantitative estimate of drug-likeness (QED) is 0.508. The molecule has 0 unspecified atom stereocenters. The highest BCUT2D eigenvalue weighted by atomic mass is 16.3. The molecule has 0 saturated heterocycles. The van der Waals surface area contributed by atoms with Gasteiger partial charge in [0, 0.05) is 13.2 Å². The predicted molar refractivity (Wildman–Crippen MR) is 52.1 cm³/mol. The van der Waals surface area contributed by atoms with Crippen molar-refractivity contribution in [1.29, 1.82) is 0 Å². The van der Waals surface area contributed by atoms with E-state index in [2.05, 4.69) is 5.32 Å². The Morgan fingerprint density at radius 2 is 2.23 bits per heavy atom. The molecule has 78 valence electrons.